The number of rotatable bonds is 4. The van der Waals surface area contributed by atoms with Crippen molar-refractivity contribution in [1.82, 2.24) is 9.88 Å². The van der Waals surface area contributed by atoms with Crippen molar-refractivity contribution in [2.24, 2.45) is 11.8 Å². The van der Waals surface area contributed by atoms with E-state index in [4.69, 9.17) is 0 Å². The summed E-state index contributed by atoms with van der Waals surface area (Å²) in [6, 6.07) is 3.82. The van der Waals surface area contributed by atoms with Gasteiger partial charge >= 0.3 is 0 Å². The molecule has 2 rings (SSSR count). The van der Waals surface area contributed by atoms with E-state index in [0.717, 1.165) is 49.6 Å². The van der Waals surface area contributed by atoms with Gasteiger partial charge in [-0.1, -0.05) is 20.8 Å². The Morgan fingerprint density at radius 3 is 2.71 bits per heavy atom. The van der Waals surface area contributed by atoms with Crippen LogP contribution in [0.25, 0.3) is 0 Å². The first-order valence-corrected chi connectivity index (χ1v) is 8.09. The highest BCUT2D eigenvalue weighted by Gasteiger charge is 2.26. The average Bonchev–Trinajstić information content (AvgIpc) is 2.49. The molecule has 2 atom stereocenters. The van der Waals surface area contributed by atoms with E-state index in [1.54, 1.807) is 0 Å². The number of carbonyl (C=O) groups is 1. The number of hydrogen-bond donors (Lipinski definition) is 1. The van der Waals surface area contributed by atoms with Crippen molar-refractivity contribution in [2.45, 2.75) is 40.5 Å². The van der Waals surface area contributed by atoms with Gasteiger partial charge in [-0.3, -0.25) is 4.79 Å². The number of pyridine rings is 1. The number of carbonyl (C=O) groups excluding carboxylic acids is 1. The lowest BCUT2D eigenvalue weighted by Gasteiger charge is -2.35. The monoisotopic (exact) mass is 289 g/mol. The highest BCUT2D eigenvalue weighted by atomic mass is 16.2. The Balaban J connectivity index is 2.20. The first-order valence-electron chi connectivity index (χ1n) is 8.09. The van der Waals surface area contributed by atoms with E-state index >= 15 is 0 Å². The van der Waals surface area contributed by atoms with Gasteiger partial charge in [0.2, 0.25) is 0 Å². The zero-order valence-electron chi connectivity index (χ0n) is 13.6. The van der Waals surface area contributed by atoms with Gasteiger partial charge in [0.05, 0.1) is 0 Å². The van der Waals surface area contributed by atoms with Crippen LogP contribution in [0.3, 0.4) is 0 Å². The highest BCUT2D eigenvalue weighted by Crippen LogP contribution is 2.24. The van der Waals surface area contributed by atoms with Gasteiger partial charge in [0, 0.05) is 30.9 Å². The molecule has 0 aliphatic carbocycles. The number of amides is 1. The second-order valence-corrected chi connectivity index (χ2v) is 6.11. The Bertz CT molecular complexity index is 501. The third kappa shape index (κ3) is 3.74. The molecule has 1 aromatic heterocycles. The van der Waals surface area contributed by atoms with Crippen molar-refractivity contribution in [3.63, 3.8) is 0 Å². The molecule has 116 valence electrons. The fourth-order valence-corrected chi connectivity index (χ4v) is 2.79. The zero-order chi connectivity index (χ0) is 15.4. The molecule has 1 amide bonds. The number of hydrogen-bond acceptors (Lipinski definition) is 3. The van der Waals surface area contributed by atoms with E-state index in [1.807, 2.05) is 24.0 Å². The van der Waals surface area contributed by atoms with Crippen molar-refractivity contribution < 1.29 is 4.79 Å². The van der Waals surface area contributed by atoms with Crippen LogP contribution in [0.1, 0.15) is 50.2 Å². The van der Waals surface area contributed by atoms with E-state index in [-0.39, 0.29) is 5.91 Å². The maximum atomic E-state index is 12.7. The van der Waals surface area contributed by atoms with Crippen molar-refractivity contribution in [3.05, 3.63) is 23.4 Å². The summed E-state index contributed by atoms with van der Waals surface area (Å²) in [4.78, 5) is 19.3. The molecule has 4 nitrogen and oxygen atoms in total. The van der Waals surface area contributed by atoms with E-state index in [2.05, 4.69) is 31.1 Å². The fraction of sp³-hybridized carbons (Fsp3) is 0.647. The lowest BCUT2D eigenvalue weighted by atomic mass is 9.88. The molecular weight excluding hydrogens is 262 g/mol. The molecule has 1 aliphatic heterocycles. The predicted molar refractivity (Wildman–Crippen MR) is 86.6 cm³/mol. The van der Waals surface area contributed by atoms with Gasteiger partial charge in [-0.2, -0.15) is 0 Å². The van der Waals surface area contributed by atoms with Crippen molar-refractivity contribution >= 4 is 11.7 Å². The van der Waals surface area contributed by atoms with Crippen molar-refractivity contribution in [2.75, 3.05) is 25.0 Å². The quantitative estimate of drug-likeness (QED) is 0.926. The van der Waals surface area contributed by atoms with Gasteiger partial charge in [0.25, 0.3) is 5.91 Å². The normalized spacial score (nSPS) is 22.2. The number of aromatic nitrogens is 1. The Morgan fingerprint density at radius 1 is 1.33 bits per heavy atom. The third-order valence-corrected chi connectivity index (χ3v) is 4.47. The summed E-state index contributed by atoms with van der Waals surface area (Å²) in [7, 11) is 0. The van der Waals surface area contributed by atoms with Crippen LogP contribution in [-0.2, 0) is 6.42 Å². The lowest BCUT2D eigenvalue weighted by molar-refractivity contribution is 0.0627. The summed E-state index contributed by atoms with van der Waals surface area (Å²) in [5.74, 6) is 2.22. The van der Waals surface area contributed by atoms with Gasteiger partial charge in [0.15, 0.2) is 0 Å². The van der Waals surface area contributed by atoms with E-state index in [0.29, 0.717) is 11.8 Å². The molecule has 1 aromatic rings. The topological polar surface area (TPSA) is 45.2 Å². The van der Waals surface area contributed by atoms with Crippen LogP contribution in [0.15, 0.2) is 12.1 Å². The molecule has 1 fully saturated rings. The first-order chi connectivity index (χ1) is 10.0. The summed E-state index contributed by atoms with van der Waals surface area (Å²) < 4.78 is 0. The maximum absolute atomic E-state index is 12.7. The van der Waals surface area contributed by atoms with Crippen LogP contribution in [0.4, 0.5) is 5.82 Å². The summed E-state index contributed by atoms with van der Waals surface area (Å²) in [6.45, 7) is 11.2. The summed E-state index contributed by atoms with van der Waals surface area (Å²) >= 11 is 0. The zero-order valence-corrected chi connectivity index (χ0v) is 13.6. The second-order valence-electron chi connectivity index (χ2n) is 6.11. The van der Waals surface area contributed by atoms with Crippen LogP contribution < -0.4 is 5.32 Å². The molecule has 2 heterocycles. The maximum Gasteiger partial charge on any atom is 0.254 e. The molecule has 0 spiro atoms. The molecule has 1 saturated heterocycles. The Hall–Kier alpha value is -1.58. The standard InChI is InChI=1S/C17H27N3O/c1-5-15-9-14(10-16(19-15)18-6-2)17(21)20-8-7-12(3)13(4)11-20/h9-10,12-13H,5-8,11H2,1-4H3,(H,18,19). The minimum Gasteiger partial charge on any atom is -0.370 e. The molecular formula is C17H27N3O. The van der Waals surface area contributed by atoms with Gasteiger partial charge < -0.3 is 10.2 Å². The Morgan fingerprint density at radius 2 is 2.10 bits per heavy atom. The minimum absolute atomic E-state index is 0.144. The number of aryl methyl sites for hydroxylation is 1. The number of likely N-dealkylation sites (tertiary alicyclic amines) is 1. The first kappa shape index (κ1) is 15.8. The summed E-state index contributed by atoms with van der Waals surface area (Å²) in [6.07, 6.45) is 1.94. The lowest BCUT2D eigenvalue weighted by Crippen LogP contribution is -2.42. The molecule has 0 radical (unpaired) electrons. The minimum atomic E-state index is 0.144. The number of piperidine rings is 1. The summed E-state index contributed by atoms with van der Waals surface area (Å²) in [5, 5.41) is 3.21. The third-order valence-electron chi connectivity index (χ3n) is 4.47. The Labute approximate surface area is 127 Å². The molecule has 21 heavy (non-hydrogen) atoms. The van der Waals surface area contributed by atoms with E-state index in [1.165, 1.54) is 0 Å². The predicted octanol–water partition coefficient (Wildman–Crippen LogP) is 3.19. The molecule has 2 unspecified atom stereocenters. The SMILES string of the molecule is CCNc1cc(C(=O)N2CCC(C)C(C)C2)cc(CC)n1. The van der Waals surface area contributed by atoms with Crippen LogP contribution in [0.2, 0.25) is 0 Å². The van der Waals surface area contributed by atoms with E-state index in [9.17, 15) is 4.79 Å². The molecule has 1 N–H and O–H groups in total. The smallest absolute Gasteiger partial charge is 0.254 e. The molecule has 0 aromatic carbocycles. The van der Waals surface area contributed by atoms with Gasteiger partial charge in [-0.05, 0) is 43.7 Å². The van der Waals surface area contributed by atoms with Crippen LogP contribution in [0.5, 0.6) is 0 Å². The van der Waals surface area contributed by atoms with Crippen LogP contribution in [0, 0.1) is 11.8 Å². The highest BCUT2D eigenvalue weighted by molar-refractivity contribution is 5.95. The molecule has 0 bridgehead atoms. The molecule has 4 heteroatoms. The number of anilines is 1. The van der Waals surface area contributed by atoms with Gasteiger partial charge in [-0.15, -0.1) is 0 Å². The summed E-state index contributed by atoms with van der Waals surface area (Å²) in [5.41, 5.74) is 1.73. The second kappa shape index (κ2) is 6.92. The average molecular weight is 289 g/mol. The largest absolute Gasteiger partial charge is 0.370 e. The fourth-order valence-electron chi connectivity index (χ4n) is 2.79. The molecule has 1 aliphatic rings. The Kier molecular flexibility index (Phi) is 5.21. The van der Waals surface area contributed by atoms with Gasteiger partial charge in [0.1, 0.15) is 5.82 Å². The van der Waals surface area contributed by atoms with Gasteiger partial charge in [-0.25, -0.2) is 4.98 Å². The van der Waals surface area contributed by atoms with Crippen molar-refractivity contribution in [1.29, 1.82) is 0 Å². The van der Waals surface area contributed by atoms with Crippen LogP contribution in [-0.4, -0.2) is 35.4 Å². The number of nitrogens with zero attached hydrogens (tertiary/aromatic N) is 2. The number of nitrogens with one attached hydrogen (secondary N) is 1. The molecule has 0 saturated carbocycles. The van der Waals surface area contributed by atoms with Crippen molar-refractivity contribution in [3.8, 4) is 0 Å². The van der Waals surface area contributed by atoms with E-state index < -0.39 is 0 Å². The van der Waals surface area contributed by atoms with Crippen LogP contribution >= 0.6 is 0 Å².